The molecule has 0 atom stereocenters. The van der Waals surface area contributed by atoms with Crippen molar-refractivity contribution in [2.24, 2.45) is 0 Å². The van der Waals surface area contributed by atoms with Crippen molar-refractivity contribution in [3.05, 3.63) is 0 Å². The Kier molecular flexibility index (Phi) is 40.8. The third-order valence-corrected chi connectivity index (χ3v) is 7.29. The number of carbonyl (C=O) groups excluding carboxylic acids is 4. The van der Waals surface area contributed by atoms with Gasteiger partial charge in [0.2, 0.25) is 0 Å². The molecule has 0 aliphatic rings. The molecule has 0 radical (unpaired) electrons. The number of esters is 4. The van der Waals surface area contributed by atoms with Gasteiger partial charge in [-0.25, -0.2) is 0 Å². The minimum absolute atomic E-state index is 0.138. The third-order valence-electron chi connectivity index (χ3n) is 7.29. The first kappa shape index (κ1) is 47.8. The molecular weight excluding hydrogens is 624 g/mol. The Morgan fingerprint density at radius 3 is 0.646 bits per heavy atom. The van der Waals surface area contributed by atoms with Crippen LogP contribution in [0.3, 0.4) is 0 Å². The first-order valence-electron chi connectivity index (χ1n) is 18.5. The molecule has 12 heteroatoms. The molecule has 0 aromatic carbocycles. The highest BCUT2D eigenvalue weighted by Crippen LogP contribution is 2.11. The fourth-order valence-electron chi connectivity index (χ4n) is 4.38. The zero-order valence-corrected chi connectivity index (χ0v) is 29.7. The quantitative estimate of drug-likeness (QED) is 0.0379. The van der Waals surface area contributed by atoms with E-state index in [1.54, 1.807) is 0 Å². The number of carbonyl (C=O) groups is 4. The van der Waals surface area contributed by atoms with Crippen LogP contribution in [0.25, 0.3) is 0 Å². The molecule has 0 bridgehead atoms. The Morgan fingerprint density at radius 1 is 0.271 bits per heavy atom. The van der Waals surface area contributed by atoms with Gasteiger partial charge in [-0.15, -0.1) is 0 Å². The Bertz CT molecular complexity index is 612. The van der Waals surface area contributed by atoms with Gasteiger partial charge in [-0.05, 0) is 77.0 Å². The molecule has 0 aliphatic heterocycles. The van der Waals surface area contributed by atoms with Crippen molar-refractivity contribution >= 4 is 23.9 Å². The minimum Gasteiger partial charge on any atom is -0.466 e. The summed E-state index contributed by atoms with van der Waals surface area (Å²) in [4.78, 5) is 45.6. The predicted molar refractivity (Wildman–Crippen MR) is 183 cm³/mol. The van der Waals surface area contributed by atoms with E-state index < -0.39 is 0 Å². The number of hydrogen-bond donors (Lipinski definition) is 4. The molecule has 0 spiro atoms. The second-order valence-electron chi connectivity index (χ2n) is 11.8. The summed E-state index contributed by atoms with van der Waals surface area (Å²) in [6, 6.07) is 0. The van der Waals surface area contributed by atoms with E-state index in [-0.39, 0.29) is 50.3 Å². The lowest BCUT2D eigenvalue weighted by atomic mass is 10.1. The van der Waals surface area contributed by atoms with Crippen molar-refractivity contribution < 1.29 is 58.6 Å². The number of unbranched alkanes of at least 4 members (excludes halogenated alkanes) is 14. The number of aliphatic hydroxyl groups is 4. The Labute approximate surface area is 289 Å². The van der Waals surface area contributed by atoms with Crippen LogP contribution in [0.4, 0.5) is 0 Å². The van der Waals surface area contributed by atoms with Gasteiger partial charge < -0.3 is 39.4 Å². The fourth-order valence-corrected chi connectivity index (χ4v) is 4.38. The van der Waals surface area contributed by atoms with Gasteiger partial charge in [-0.3, -0.25) is 19.2 Å². The molecule has 48 heavy (non-hydrogen) atoms. The average Bonchev–Trinajstić information content (AvgIpc) is 3.08. The minimum atomic E-state index is -0.156. The second-order valence-corrected chi connectivity index (χ2v) is 11.8. The lowest BCUT2D eigenvalue weighted by Crippen LogP contribution is -2.06. The van der Waals surface area contributed by atoms with Crippen LogP contribution >= 0.6 is 0 Å². The number of ether oxygens (including phenoxy) is 4. The van der Waals surface area contributed by atoms with E-state index in [1.165, 1.54) is 0 Å². The van der Waals surface area contributed by atoms with Crippen molar-refractivity contribution in [1.82, 2.24) is 0 Å². The van der Waals surface area contributed by atoms with Gasteiger partial charge in [-0.1, -0.05) is 51.4 Å². The van der Waals surface area contributed by atoms with E-state index in [2.05, 4.69) is 0 Å². The number of aliphatic hydroxyl groups excluding tert-OH is 4. The summed E-state index contributed by atoms with van der Waals surface area (Å²) >= 11 is 0. The summed E-state index contributed by atoms with van der Waals surface area (Å²) in [5, 5.41) is 34.4. The monoisotopic (exact) mass is 692 g/mol. The molecule has 0 aromatic rings. The highest BCUT2D eigenvalue weighted by atomic mass is 16.5. The molecule has 4 N–H and O–H groups in total. The molecule has 0 rings (SSSR count). The summed E-state index contributed by atoms with van der Waals surface area (Å²) in [6.07, 6.45) is 18.9. The SMILES string of the molecule is O=C(CCCCCCCCC(=O)OCCCCO)OCCCCO.O=C(CCCCCCCCC(=O)OCCCCO)OCCCCO. The van der Waals surface area contributed by atoms with Gasteiger partial charge in [0.15, 0.2) is 0 Å². The summed E-state index contributed by atoms with van der Waals surface area (Å²) in [5.41, 5.74) is 0. The van der Waals surface area contributed by atoms with Crippen molar-refractivity contribution in [1.29, 1.82) is 0 Å². The lowest BCUT2D eigenvalue weighted by Gasteiger charge is -2.05. The van der Waals surface area contributed by atoms with Gasteiger partial charge in [0.25, 0.3) is 0 Å². The van der Waals surface area contributed by atoms with E-state index in [1.807, 2.05) is 0 Å². The van der Waals surface area contributed by atoms with Gasteiger partial charge in [-0.2, -0.15) is 0 Å². The maximum absolute atomic E-state index is 11.4. The second kappa shape index (κ2) is 40.9. The molecule has 12 nitrogen and oxygen atoms in total. The van der Waals surface area contributed by atoms with Crippen LogP contribution in [0.1, 0.15) is 154 Å². The van der Waals surface area contributed by atoms with Crippen molar-refractivity contribution in [2.45, 2.75) is 154 Å². The first-order valence-corrected chi connectivity index (χ1v) is 18.5. The summed E-state index contributed by atoms with van der Waals surface area (Å²) in [6.45, 7) is 2.14. The predicted octanol–water partition coefficient (Wildman–Crippen LogP) is 5.48. The van der Waals surface area contributed by atoms with Crippen molar-refractivity contribution in [2.75, 3.05) is 52.9 Å². The molecule has 0 saturated heterocycles. The molecule has 284 valence electrons. The fraction of sp³-hybridized carbons (Fsp3) is 0.889. The third kappa shape index (κ3) is 41.7. The Morgan fingerprint density at radius 2 is 0.458 bits per heavy atom. The first-order chi connectivity index (χ1) is 23.4. The van der Waals surface area contributed by atoms with Gasteiger partial charge in [0.05, 0.1) is 26.4 Å². The van der Waals surface area contributed by atoms with Crippen LogP contribution in [0.15, 0.2) is 0 Å². The lowest BCUT2D eigenvalue weighted by molar-refractivity contribution is -0.144. The van der Waals surface area contributed by atoms with Gasteiger partial charge >= 0.3 is 23.9 Å². The zero-order valence-electron chi connectivity index (χ0n) is 29.7. The molecular formula is C36H68O12. The van der Waals surface area contributed by atoms with Crippen LogP contribution < -0.4 is 0 Å². The highest BCUT2D eigenvalue weighted by Gasteiger charge is 2.06. The summed E-state index contributed by atoms with van der Waals surface area (Å²) in [7, 11) is 0. The van der Waals surface area contributed by atoms with E-state index in [9.17, 15) is 19.2 Å². The molecule has 0 heterocycles. The Balaban J connectivity index is 0. The molecule has 0 aliphatic carbocycles. The number of hydrogen-bond acceptors (Lipinski definition) is 12. The van der Waals surface area contributed by atoms with Crippen LogP contribution in [0.5, 0.6) is 0 Å². The van der Waals surface area contributed by atoms with Crippen molar-refractivity contribution in [3.63, 3.8) is 0 Å². The van der Waals surface area contributed by atoms with E-state index >= 15 is 0 Å². The van der Waals surface area contributed by atoms with Crippen LogP contribution in [0.2, 0.25) is 0 Å². The van der Waals surface area contributed by atoms with Crippen LogP contribution in [0, 0.1) is 0 Å². The highest BCUT2D eigenvalue weighted by molar-refractivity contribution is 5.70. The smallest absolute Gasteiger partial charge is 0.305 e. The maximum Gasteiger partial charge on any atom is 0.305 e. The number of rotatable bonds is 34. The zero-order chi connectivity index (χ0) is 35.8. The van der Waals surface area contributed by atoms with Crippen molar-refractivity contribution in [3.8, 4) is 0 Å². The summed E-state index contributed by atoms with van der Waals surface area (Å²) in [5.74, 6) is -0.623. The summed E-state index contributed by atoms with van der Waals surface area (Å²) < 4.78 is 20.2. The van der Waals surface area contributed by atoms with Gasteiger partial charge in [0, 0.05) is 52.1 Å². The largest absolute Gasteiger partial charge is 0.466 e. The van der Waals surface area contributed by atoms with E-state index in [4.69, 9.17) is 39.4 Å². The Hall–Kier alpha value is -2.28. The van der Waals surface area contributed by atoms with Crippen LogP contribution in [-0.2, 0) is 38.1 Å². The molecule has 0 saturated carbocycles. The molecule has 0 unspecified atom stereocenters. The average molecular weight is 693 g/mol. The standard InChI is InChI=1S/2C18H34O6/c2*19-13-7-9-15-23-17(21)11-5-3-1-2-4-6-12-18(22)24-16-10-8-14-20/h2*19-20H,1-16H2. The van der Waals surface area contributed by atoms with E-state index in [0.29, 0.717) is 103 Å². The normalized spacial score (nSPS) is 10.6. The maximum atomic E-state index is 11.4. The molecule has 0 fully saturated rings. The van der Waals surface area contributed by atoms with E-state index in [0.717, 1.165) is 77.0 Å². The van der Waals surface area contributed by atoms with Crippen LogP contribution in [-0.4, -0.2) is 97.2 Å². The molecule has 0 aromatic heterocycles. The molecule has 0 amide bonds. The van der Waals surface area contributed by atoms with Gasteiger partial charge in [0.1, 0.15) is 0 Å². The topological polar surface area (TPSA) is 186 Å².